The number of amides is 1. The lowest BCUT2D eigenvalue weighted by Crippen LogP contribution is -2.49. The first-order chi connectivity index (χ1) is 8.74. The average molecular weight is 255 g/mol. The summed E-state index contributed by atoms with van der Waals surface area (Å²) in [5, 5.41) is 2.85. The molecule has 0 bridgehead atoms. The van der Waals surface area contributed by atoms with E-state index in [0.717, 1.165) is 52.4 Å². The summed E-state index contributed by atoms with van der Waals surface area (Å²) in [6, 6.07) is 0. The maximum atomic E-state index is 10.8. The molecule has 0 aromatic heterocycles. The zero-order valence-corrected chi connectivity index (χ0v) is 11.4. The van der Waals surface area contributed by atoms with Crippen LogP contribution in [0.5, 0.6) is 0 Å². The monoisotopic (exact) mass is 255 g/mol. The molecule has 0 aliphatic carbocycles. The van der Waals surface area contributed by atoms with Gasteiger partial charge in [0.1, 0.15) is 0 Å². The Morgan fingerprint density at radius 3 is 2.61 bits per heavy atom. The van der Waals surface area contributed by atoms with Gasteiger partial charge in [0.2, 0.25) is 5.91 Å². The molecule has 5 nitrogen and oxygen atoms in total. The topological polar surface area (TPSA) is 44.8 Å². The molecule has 1 amide bonds. The minimum atomic E-state index is 0.0621. The lowest BCUT2D eigenvalue weighted by Gasteiger charge is -2.35. The molecule has 1 N–H and O–H groups in total. The van der Waals surface area contributed by atoms with Gasteiger partial charge in [-0.2, -0.15) is 0 Å². The van der Waals surface area contributed by atoms with Crippen molar-refractivity contribution in [3.05, 3.63) is 0 Å². The molecule has 1 atom stereocenters. The van der Waals surface area contributed by atoms with E-state index in [-0.39, 0.29) is 5.91 Å². The molecule has 18 heavy (non-hydrogen) atoms. The molecular formula is C13H25N3O2. The van der Waals surface area contributed by atoms with Crippen LogP contribution in [0.25, 0.3) is 0 Å². The molecule has 2 heterocycles. The molecule has 2 aliphatic rings. The third kappa shape index (κ3) is 4.55. The molecule has 0 saturated carbocycles. The van der Waals surface area contributed by atoms with E-state index in [1.807, 2.05) is 0 Å². The molecule has 2 rings (SSSR count). The first-order valence-corrected chi connectivity index (χ1v) is 7.05. The number of hydrogen-bond acceptors (Lipinski definition) is 4. The predicted molar refractivity (Wildman–Crippen MR) is 70.5 cm³/mol. The van der Waals surface area contributed by atoms with Crippen molar-refractivity contribution in [3.8, 4) is 0 Å². The third-order valence-electron chi connectivity index (χ3n) is 3.75. The van der Waals surface area contributed by atoms with Gasteiger partial charge < -0.3 is 10.1 Å². The molecule has 2 fully saturated rings. The van der Waals surface area contributed by atoms with Crippen LogP contribution in [0, 0.1) is 0 Å². The summed E-state index contributed by atoms with van der Waals surface area (Å²) < 4.78 is 5.67. The SMILES string of the molecule is CC(=O)NCCN1CCN(CC2CCCO2)CC1. The van der Waals surface area contributed by atoms with Crippen molar-refractivity contribution in [2.45, 2.75) is 25.9 Å². The fraction of sp³-hybridized carbons (Fsp3) is 0.923. The summed E-state index contributed by atoms with van der Waals surface area (Å²) >= 11 is 0. The zero-order chi connectivity index (χ0) is 12.8. The largest absolute Gasteiger partial charge is 0.377 e. The standard InChI is InChI=1S/C13H25N3O2/c1-12(17)14-4-5-15-6-8-16(9-7-15)11-13-3-2-10-18-13/h13H,2-11H2,1H3,(H,14,17). The maximum absolute atomic E-state index is 10.8. The van der Waals surface area contributed by atoms with E-state index >= 15 is 0 Å². The van der Waals surface area contributed by atoms with Gasteiger partial charge in [-0.25, -0.2) is 0 Å². The van der Waals surface area contributed by atoms with Gasteiger partial charge in [-0.1, -0.05) is 0 Å². The predicted octanol–water partition coefficient (Wildman–Crippen LogP) is -0.0809. The lowest BCUT2D eigenvalue weighted by atomic mass is 10.2. The zero-order valence-electron chi connectivity index (χ0n) is 11.4. The lowest BCUT2D eigenvalue weighted by molar-refractivity contribution is -0.119. The van der Waals surface area contributed by atoms with Crippen LogP contribution in [-0.2, 0) is 9.53 Å². The second kappa shape index (κ2) is 7.07. The Morgan fingerprint density at radius 2 is 2.00 bits per heavy atom. The van der Waals surface area contributed by atoms with E-state index in [0.29, 0.717) is 6.10 Å². The first kappa shape index (κ1) is 13.8. The summed E-state index contributed by atoms with van der Waals surface area (Å²) in [5.41, 5.74) is 0. The van der Waals surface area contributed by atoms with Crippen LogP contribution in [0.3, 0.4) is 0 Å². The molecule has 0 spiro atoms. The number of piperazine rings is 1. The van der Waals surface area contributed by atoms with Crippen molar-refractivity contribution >= 4 is 5.91 Å². The highest BCUT2D eigenvalue weighted by molar-refractivity contribution is 5.72. The third-order valence-corrected chi connectivity index (χ3v) is 3.75. The number of carbonyl (C=O) groups excluding carboxylic acids is 1. The van der Waals surface area contributed by atoms with Gasteiger partial charge in [-0.05, 0) is 12.8 Å². The second-order valence-corrected chi connectivity index (χ2v) is 5.26. The Bertz CT molecular complexity index is 259. The van der Waals surface area contributed by atoms with Gasteiger partial charge in [0.25, 0.3) is 0 Å². The van der Waals surface area contributed by atoms with Crippen molar-refractivity contribution in [1.29, 1.82) is 0 Å². The number of rotatable bonds is 5. The van der Waals surface area contributed by atoms with Gasteiger partial charge in [-0.15, -0.1) is 0 Å². The molecule has 0 radical (unpaired) electrons. The molecule has 0 aromatic carbocycles. The van der Waals surface area contributed by atoms with Crippen molar-refractivity contribution in [2.24, 2.45) is 0 Å². The summed E-state index contributed by atoms with van der Waals surface area (Å²) in [5.74, 6) is 0.0621. The second-order valence-electron chi connectivity index (χ2n) is 5.26. The van der Waals surface area contributed by atoms with Crippen molar-refractivity contribution in [3.63, 3.8) is 0 Å². The van der Waals surface area contributed by atoms with Gasteiger partial charge >= 0.3 is 0 Å². The van der Waals surface area contributed by atoms with Crippen molar-refractivity contribution in [1.82, 2.24) is 15.1 Å². The molecule has 2 saturated heterocycles. The quantitative estimate of drug-likeness (QED) is 0.746. The molecule has 1 unspecified atom stereocenters. The number of nitrogens with zero attached hydrogens (tertiary/aromatic N) is 2. The molecule has 104 valence electrons. The Morgan fingerprint density at radius 1 is 1.28 bits per heavy atom. The van der Waals surface area contributed by atoms with Gasteiger partial charge in [-0.3, -0.25) is 14.6 Å². The molecular weight excluding hydrogens is 230 g/mol. The number of ether oxygens (including phenoxy) is 1. The summed E-state index contributed by atoms with van der Waals surface area (Å²) in [6.45, 7) is 9.80. The number of hydrogen-bond donors (Lipinski definition) is 1. The van der Waals surface area contributed by atoms with E-state index in [9.17, 15) is 4.79 Å². The summed E-state index contributed by atoms with van der Waals surface area (Å²) in [6.07, 6.45) is 2.92. The van der Waals surface area contributed by atoms with E-state index in [1.54, 1.807) is 6.92 Å². The normalized spacial score (nSPS) is 26.4. The van der Waals surface area contributed by atoms with E-state index in [2.05, 4.69) is 15.1 Å². The number of carbonyl (C=O) groups is 1. The fourth-order valence-electron chi connectivity index (χ4n) is 2.66. The number of nitrogens with one attached hydrogen (secondary N) is 1. The van der Waals surface area contributed by atoms with Crippen LogP contribution < -0.4 is 5.32 Å². The summed E-state index contributed by atoms with van der Waals surface area (Å²) in [4.78, 5) is 15.7. The van der Waals surface area contributed by atoms with Gasteiger partial charge in [0, 0.05) is 59.3 Å². The summed E-state index contributed by atoms with van der Waals surface area (Å²) in [7, 11) is 0. The Labute approximate surface area is 109 Å². The van der Waals surface area contributed by atoms with Crippen LogP contribution in [0.2, 0.25) is 0 Å². The average Bonchev–Trinajstić information content (AvgIpc) is 2.84. The van der Waals surface area contributed by atoms with Crippen molar-refractivity contribution in [2.75, 3.05) is 52.4 Å². The van der Waals surface area contributed by atoms with Crippen molar-refractivity contribution < 1.29 is 9.53 Å². The highest BCUT2D eigenvalue weighted by atomic mass is 16.5. The van der Waals surface area contributed by atoms with E-state index in [4.69, 9.17) is 4.74 Å². The Kier molecular flexibility index (Phi) is 5.41. The maximum Gasteiger partial charge on any atom is 0.216 e. The van der Waals surface area contributed by atoms with Crippen LogP contribution in [-0.4, -0.2) is 74.2 Å². The molecule has 0 aromatic rings. The molecule has 2 aliphatic heterocycles. The van der Waals surface area contributed by atoms with Crippen LogP contribution in [0.1, 0.15) is 19.8 Å². The Hall–Kier alpha value is -0.650. The minimum absolute atomic E-state index is 0.0621. The van der Waals surface area contributed by atoms with Gasteiger partial charge in [0.05, 0.1) is 6.10 Å². The first-order valence-electron chi connectivity index (χ1n) is 7.05. The van der Waals surface area contributed by atoms with Crippen LogP contribution in [0.15, 0.2) is 0 Å². The minimum Gasteiger partial charge on any atom is -0.377 e. The van der Waals surface area contributed by atoms with E-state index in [1.165, 1.54) is 12.8 Å². The Balaban J connectivity index is 1.57. The molecule has 5 heteroatoms. The van der Waals surface area contributed by atoms with Crippen LogP contribution >= 0.6 is 0 Å². The fourth-order valence-corrected chi connectivity index (χ4v) is 2.66. The smallest absolute Gasteiger partial charge is 0.216 e. The highest BCUT2D eigenvalue weighted by Gasteiger charge is 2.22. The van der Waals surface area contributed by atoms with E-state index < -0.39 is 0 Å². The van der Waals surface area contributed by atoms with Crippen LogP contribution in [0.4, 0.5) is 0 Å². The van der Waals surface area contributed by atoms with Gasteiger partial charge in [0.15, 0.2) is 0 Å². The highest BCUT2D eigenvalue weighted by Crippen LogP contribution is 2.14.